The molecule has 2 rings (SSSR count). The molecule has 1 heterocycles. The van der Waals surface area contributed by atoms with Gasteiger partial charge in [-0.1, -0.05) is 15.9 Å². The third kappa shape index (κ3) is 3.76. The smallest absolute Gasteiger partial charge is 0.150 e. The summed E-state index contributed by atoms with van der Waals surface area (Å²) in [4.78, 5) is 0. The van der Waals surface area contributed by atoms with Gasteiger partial charge in [0.1, 0.15) is 15.7 Å². The second-order valence-corrected chi connectivity index (χ2v) is 7.76. The Balaban J connectivity index is 1.90. The molecule has 0 atom stereocenters. The van der Waals surface area contributed by atoms with E-state index in [9.17, 15) is 12.8 Å². The average molecular weight is 336 g/mol. The van der Waals surface area contributed by atoms with Crippen LogP contribution in [0, 0.1) is 5.82 Å². The van der Waals surface area contributed by atoms with Gasteiger partial charge in [-0.25, -0.2) is 12.8 Å². The van der Waals surface area contributed by atoms with Crippen LogP contribution in [0.4, 0.5) is 4.39 Å². The first-order valence-corrected chi connectivity index (χ1v) is 8.45. The fraction of sp³-hybridized carbons (Fsp3) is 0.500. The Hall–Kier alpha value is -0.460. The van der Waals surface area contributed by atoms with E-state index in [1.165, 1.54) is 6.07 Å². The molecule has 18 heavy (non-hydrogen) atoms. The molecule has 1 aromatic rings. The first kappa shape index (κ1) is 14.0. The number of hydrogen-bond donors (Lipinski definition) is 1. The lowest BCUT2D eigenvalue weighted by Crippen LogP contribution is -2.37. The Kier molecular flexibility index (Phi) is 4.40. The molecular weight excluding hydrogens is 321 g/mol. The summed E-state index contributed by atoms with van der Waals surface area (Å²) in [5.41, 5.74) is 0.595. The number of nitrogens with one attached hydrogen (secondary N) is 1. The van der Waals surface area contributed by atoms with Crippen molar-refractivity contribution in [3.05, 3.63) is 34.1 Å². The minimum absolute atomic E-state index is 0.159. The summed E-state index contributed by atoms with van der Waals surface area (Å²) in [5.74, 6) is 0.214. The fourth-order valence-electron chi connectivity index (χ4n) is 2.03. The van der Waals surface area contributed by atoms with Gasteiger partial charge in [0.15, 0.2) is 0 Å². The molecular formula is C12H15BrFNO2S. The fourth-order valence-corrected chi connectivity index (χ4v) is 3.93. The van der Waals surface area contributed by atoms with E-state index in [0.717, 1.165) is 4.47 Å². The SMILES string of the molecule is O=S1(=O)CCC(NCc2cc(Br)ccc2F)CC1. The number of benzene rings is 1. The van der Waals surface area contributed by atoms with Gasteiger partial charge in [0, 0.05) is 22.6 Å². The summed E-state index contributed by atoms with van der Waals surface area (Å²) in [6, 6.07) is 4.98. The van der Waals surface area contributed by atoms with Crippen LogP contribution in [-0.4, -0.2) is 26.0 Å². The van der Waals surface area contributed by atoms with E-state index < -0.39 is 9.84 Å². The van der Waals surface area contributed by atoms with Crippen molar-refractivity contribution in [1.29, 1.82) is 0 Å². The number of halogens is 2. The summed E-state index contributed by atoms with van der Waals surface area (Å²) < 4.78 is 36.9. The largest absolute Gasteiger partial charge is 0.310 e. The Morgan fingerprint density at radius 2 is 2.00 bits per heavy atom. The molecule has 0 amide bonds. The average Bonchev–Trinajstić information content (AvgIpc) is 2.32. The Morgan fingerprint density at radius 3 is 2.67 bits per heavy atom. The van der Waals surface area contributed by atoms with Crippen LogP contribution in [0.2, 0.25) is 0 Å². The maximum atomic E-state index is 13.5. The van der Waals surface area contributed by atoms with Gasteiger partial charge >= 0.3 is 0 Å². The summed E-state index contributed by atoms with van der Waals surface area (Å²) in [7, 11) is -2.84. The van der Waals surface area contributed by atoms with Gasteiger partial charge in [0.2, 0.25) is 0 Å². The van der Waals surface area contributed by atoms with E-state index in [0.29, 0.717) is 24.9 Å². The molecule has 0 radical (unpaired) electrons. The lowest BCUT2D eigenvalue weighted by atomic mass is 10.1. The molecule has 0 unspecified atom stereocenters. The van der Waals surface area contributed by atoms with Gasteiger partial charge < -0.3 is 5.32 Å². The summed E-state index contributed by atoms with van der Waals surface area (Å²) in [6.45, 7) is 0.427. The lowest BCUT2D eigenvalue weighted by Gasteiger charge is -2.23. The van der Waals surface area contributed by atoms with E-state index in [1.807, 2.05) is 0 Å². The van der Waals surface area contributed by atoms with Crippen LogP contribution in [0.15, 0.2) is 22.7 Å². The highest BCUT2D eigenvalue weighted by Crippen LogP contribution is 2.17. The Bertz CT molecular complexity index is 519. The first-order valence-electron chi connectivity index (χ1n) is 5.84. The molecule has 6 heteroatoms. The molecule has 0 spiro atoms. The third-order valence-corrected chi connectivity index (χ3v) is 5.35. The molecule has 1 aliphatic heterocycles. The molecule has 100 valence electrons. The van der Waals surface area contributed by atoms with Gasteiger partial charge in [-0.05, 0) is 31.0 Å². The Morgan fingerprint density at radius 1 is 1.33 bits per heavy atom. The van der Waals surface area contributed by atoms with Gasteiger partial charge in [0.05, 0.1) is 11.5 Å². The van der Waals surface area contributed by atoms with Crippen LogP contribution >= 0.6 is 15.9 Å². The van der Waals surface area contributed by atoms with E-state index in [1.54, 1.807) is 12.1 Å². The van der Waals surface area contributed by atoms with Crippen LogP contribution in [0.1, 0.15) is 18.4 Å². The molecule has 1 saturated heterocycles. The monoisotopic (exact) mass is 335 g/mol. The minimum Gasteiger partial charge on any atom is -0.310 e. The van der Waals surface area contributed by atoms with Crippen LogP contribution in [0.3, 0.4) is 0 Å². The van der Waals surface area contributed by atoms with E-state index >= 15 is 0 Å². The number of rotatable bonds is 3. The van der Waals surface area contributed by atoms with Crippen LogP contribution in [0.25, 0.3) is 0 Å². The molecule has 1 aliphatic rings. The molecule has 1 N–H and O–H groups in total. The zero-order valence-corrected chi connectivity index (χ0v) is 12.2. The molecule has 0 aliphatic carbocycles. The van der Waals surface area contributed by atoms with Crippen molar-refractivity contribution in [2.45, 2.75) is 25.4 Å². The summed E-state index contributed by atoms with van der Waals surface area (Å²) in [5, 5.41) is 3.22. The van der Waals surface area contributed by atoms with Gasteiger partial charge in [-0.3, -0.25) is 0 Å². The zero-order chi connectivity index (χ0) is 13.2. The molecule has 3 nitrogen and oxygen atoms in total. The quantitative estimate of drug-likeness (QED) is 0.921. The van der Waals surface area contributed by atoms with Crippen molar-refractivity contribution in [3.63, 3.8) is 0 Å². The van der Waals surface area contributed by atoms with Crippen molar-refractivity contribution in [1.82, 2.24) is 5.32 Å². The second-order valence-electron chi connectivity index (χ2n) is 4.54. The number of hydrogen-bond acceptors (Lipinski definition) is 3. The van der Waals surface area contributed by atoms with Crippen molar-refractivity contribution < 1.29 is 12.8 Å². The van der Waals surface area contributed by atoms with Gasteiger partial charge in [0.25, 0.3) is 0 Å². The van der Waals surface area contributed by atoms with Crippen molar-refractivity contribution in [3.8, 4) is 0 Å². The maximum absolute atomic E-state index is 13.5. The van der Waals surface area contributed by atoms with E-state index in [2.05, 4.69) is 21.2 Å². The maximum Gasteiger partial charge on any atom is 0.150 e. The van der Waals surface area contributed by atoms with Crippen molar-refractivity contribution >= 4 is 25.8 Å². The number of sulfone groups is 1. The molecule has 1 fully saturated rings. The molecule has 0 bridgehead atoms. The highest BCUT2D eigenvalue weighted by molar-refractivity contribution is 9.10. The van der Waals surface area contributed by atoms with Crippen molar-refractivity contribution in [2.75, 3.05) is 11.5 Å². The molecule has 0 saturated carbocycles. The predicted octanol–water partition coefficient (Wildman–Crippen LogP) is 2.25. The normalized spacial score (nSPS) is 19.9. The zero-order valence-electron chi connectivity index (χ0n) is 9.83. The minimum atomic E-state index is -2.84. The predicted molar refractivity (Wildman–Crippen MR) is 72.6 cm³/mol. The van der Waals surface area contributed by atoms with Gasteiger partial charge in [-0.2, -0.15) is 0 Å². The van der Waals surface area contributed by atoms with Crippen LogP contribution in [0.5, 0.6) is 0 Å². The van der Waals surface area contributed by atoms with Crippen molar-refractivity contribution in [2.24, 2.45) is 0 Å². The summed E-state index contributed by atoms with van der Waals surface area (Å²) in [6.07, 6.45) is 1.22. The van der Waals surface area contributed by atoms with E-state index in [4.69, 9.17) is 0 Å². The molecule has 1 aromatic carbocycles. The highest BCUT2D eigenvalue weighted by atomic mass is 79.9. The molecule has 0 aromatic heterocycles. The standard InChI is InChI=1S/C12H15BrFNO2S/c13-10-1-2-12(14)9(7-10)8-15-11-3-5-18(16,17)6-4-11/h1-2,7,11,15H,3-6,8H2. The Labute approximate surface area is 115 Å². The van der Waals surface area contributed by atoms with Crippen LogP contribution in [-0.2, 0) is 16.4 Å². The third-order valence-electron chi connectivity index (χ3n) is 3.14. The van der Waals surface area contributed by atoms with E-state index in [-0.39, 0.29) is 23.4 Å². The lowest BCUT2D eigenvalue weighted by molar-refractivity contribution is 0.456. The summed E-state index contributed by atoms with van der Waals surface area (Å²) >= 11 is 3.30. The topological polar surface area (TPSA) is 46.2 Å². The van der Waals surface area contributed by atoms with Crippen LogP contribution < -0.4 is 5.32 Å². The second kappa shape index (κ2) is 5.67. The highest BCUT2D eigenvalue weighted by Gasteiger charge is 2.23. The first-order chi connectivity index (χ1) is 8.46. The van der Waals surface area contributed by atoms with Gasteiger partial charge in [-0.15, -0.1) is 0 Å².